The number of fused-ring (bicyclic) bond motifs is 1. The Kier molecular flexibility index (Phi) is 8.49. The van der Waals surface area contributed by atoms with Gasteiger partial charge in [0.15, 0.2) is 0 Å². The van der Waals surface area contributed by atoms with E-state index < -0.39 is 0 Å². The lowest BCUT2D eigenvalue weighted by molar-refractivity contribution is 0.863. The molecule has 2 aromatic rings. The highest BCUT2D eigenvalue weighted by molar-refractivity contribution is 6.18. The fourth-order valence-electron chi connectivity index (χ4n) is 3.25. The molecule has 0 fully saturated rings. The average molecular weight is 422 g/mol. The summed E-state index contributed by atoms with van der Waals surface area (Å²) in [6.45, 7) is 21.2. The summed E-state index contributed by atoms with van der Waals surface area (Å²) in [6.07, 6.45) is 8.52. The average Bonchev–Trinajstić information content (AvgIpc) is 2.68. The molecule has 2 rings (SSSR count). The number of benzene rings is 1. The van der Waals surface area contributed by atoms with Crippen molar-refractivity contribution in [2.45, 2.75) is 34.1 Å². The van der Waals surface area contributed by atoms with E-state index in [4.69, 9.17) is 11.6 Å². The summed E-state index contributed by atoms with van der Waals surface area (Å²) >= 11 is 6.15. The minimum Gasteiger partial charge on any atom is -0.384 e. The van der Waals surface area contributed by atoms with E-state index >= 15 is 0 Å². The van der Waals surface area contributed by atoms with Gasteiger partial charge in [-0.15, -0.1) is 11.6 Å². The Labute approximate surface area is 185 Å². The van der Waals surface area contributed by atoms with E-state index in [2.05, 4.69) is 68.3 Å². The number of aryl methyl sites for hydroxylation is 3. The number of nitrogens with one attached hydrogen (secondary N) is 2. The van der Waals surface area contributed by atoms with E-state index in [1.807, 2.05) is 31.3 Å². The summed E-state index contributed by atoms with van der Waals surface area (Å²) in [5.74, 6) is 0.533. The van der Waals surface area contributed by atoms with Crippen LogP contribution in [-0.4, -0.2) is 17.4 Å². The van der Waals surface area contributed by atoms with Crippen molar-refractivity contribution in [3.8, 4) is 0 Å². The molecule has 0 saturated carbocycles. The van der Waals surface area contributed by atoms with Crippen LogP contribution in [0.25, 0.3) is 10.9 Å². The second-order valence-electron chi connectivity index (χ2n) is 7.51. The quantitative estimate of drug-likeness (QED) is 0.329. The Hall–Kier alpha value is -2.78. The van der Waals surface area contributed by atoms with Crippen LogP contribution in [0.5, 0.6) is 0 Å². The van der Waals surface area contributed by atoms with Gasteiger partial charge in [0.05, 0.1) is 16.9 Å². The molecule has 0 radical (unpaired) electrons. The van der Waals surface area contributed by atoms with Crippen LogP contribution in [-0.2, 0) is 6.42 Å². The predicted octanol–water partition coefficient (Wildman–Crippen LogP) is 6.74. The Morgan fingerprint density at radius 2 is 1.90 bits per heavy atom. The zero-order valence-electron chi connectivity index (χ0n) is 18.5. The summed E-state index contributed by atoms with van der Waals surface area (Å²) in [4.78, 5) is 4.64. The molecule has 0 spiro atoms. The second kappa shape index (κ2) is 10.8. The molecule has 2 N–H and O–H groups in total. The molecule has 1 heterocycles. The number of pyridine rings is 1. The molecule has 1 aromatic heterocycles. The van der Waals surface area contributed by atoms with Gasteiger partial charge >= 0.3 is 0 Å². The Balaban J connectivity index is 2.45. The molecule has 0 saturated heterocycles. The van der Waals surface area contributed by atoms with Gasteiger partial charge < -0.3 is 10.6 Å². The second-order valence-corrected chi connectivity index (χ2v) is 7.89. The van der Waals surface area contributed by atoms with Gasteiger partial charge in [0.25, 0.3) is 0 Å². The molecule has 4 heteroatoms. The lowest BCUT2D eigenvalue weighted by atomic mass is 9.99. The van der Waals surface area contributed by atoms with Crippen molar-refractivity contribution in [3.63, 3.8) is 0 Å². The van der Waals surface area contributed by atoms with Crippen molar-refractivity contribution < 1.29 is 0 Å². The summed E-state index contributed by atoms with van der Waals surface area (Å²) in [5.41, 5.74) is 8.93. The molecular weight excluding hydrogens is 390 g/mol. The van der Waals surface area contributed by atoms with Crippen molar-refractivity contribution in [3.05, 3.63) is 95.5 Å². The molecule has 0 atom stereocenters. The maximum absolute atomic E-state index is 6.15. The third-order valence-electron chi connectivity index (χ3n) is 4.64. The smallest absolute Gasteiger partial charge is 0.0735 e. The fourth-order valence-corrected chi connectivity index (χ4v) is 3.44. The standard InChI is InChI=1S/C26H32ClN3/c1-8-28-24(14-18(4)10-9-17(2)3)21(7)30-25-15-20(6)26-23(22(25)11-12-27)13-19(5)16-29-26/h9-10,13-16,28,30H,2,4,7-8,11-12H2,1,3,5-6H3/b10-9-,24-14-. The number of likely N-dealkylation sites (N-methyl/N-ethyl adjacent to an activating group) is 1. The van der Waals surface area contributed by atoms with Crippen LogP contribution < -0.4 is 10.6 Å². The lowest BCUT2D eigenvalue weighted by Crippen LogP contribution is -2.18. The molecular formula is C26H32ClN3. The van der Waals surface area contributed by atoms with Crippen molar-refractivity contribution >= 4 is 28.2 Å². The highest BCUT2D eigenvalue weighted by Crippen LogP contribution is 2.31. The Bertz CT molecular complexity index is 1030. The first-order valence-corrected chi connectivity index (χ1v) is 10.7. The van der Waals surface area contributed by atoms with E-state index in [1.54, 1.807) is 0 Å². The monoisotopic (exact) mass is 421 g/mol. The number of nitrogens with zero attached hydrogens (tertiary/aromatic N) is 1. The van der Waals surface area contributed by atoms with Gasteiger partial charge in [0.2, 0.25) is 0 Å². The van der Waals surface area contributed by atoms with Crippen LogP contribution in [0.2, 0.25) is 0 Å². The molecule has 1 aromatic carbocycles. The third kappa shape index (κ3) is 6.11. The van der Waals surface area contributed by atoms with Gasteiger partial charge in [-0.05, 0) is 74.6 Å². The predicted molar refractivity (Wildman–Crippen MR) is 133 cm³/mol. The van der Waals surface area contributed by atoms with Crippen LogP contribution in [0, 0.1) is 13.8 Å². The van der Waals surface area contributed by atoms with E-state index in [9.17, 15) is 0 Å². The van der Waals surface area contributed by atoms with Crippen LogP contribution in [0.4, 0.5) is 5.69 Å². The third-order valence-corrected chi connectivity index (χ3v) is 4.83. The van der Waals surface area contributed by atoms with Crippen molar-refractivity contribution in [1.29, 1.82) is 0 Å². The summed E-state index contributed by atoms with van der Waals surface area (Å²) in [5, 5.41) is 8.02. The van der Waals surface area contributed by atoms with E-state index in [0.717, 1.165) is 68.8 Å². The van der Waals surface area contributed by atoms with Crippen LogP contribution in [0.15, 0.2) is 78.8 Å². The molecule has 3 nitrogen and oxygen atoms in total. The maximum atomic E-state index is 6.15. The van der Waals surface area contributed by atoms with Crippen LogP contribution in [0.1, 0.15) is 30.5 Å². The molecule has 0 unspecified atom stereocenters. The molecule has 0 aliphatic carbocycles. The SMILES string of the molecule is C=C(C)/C=C\C(=C)/C=C(\NCC)C(=C)Nc1cc(C)c2ncc(C)cc2c1CCCl. The van der Waals surface area contributed by atoms with Gasteiger partial charge in [-0.2, -0.15) is 0 Å². The maximum Gasteiger partial charge on any atom is 0.0735 e. The summed E-state index contributed by atoms with van der Waals surface area (Å²) in [6, 6.07) is 4.30. The topological polar surface area (TPSA) is 37.0 Å². The number of anilines is 1. The lowest BCUT2D eigenvalue weighted by Gasteiger charge is -2.20. The van der Waals surface area contributed by atoms with Gasteiger partial charge in [-0.3, -0.25) is 4.98 Å². The molecule has 158 valence electrons. The number of halogens is 1. The van der Waals surface area contributed by atoms with Crippen molar-refractivity contribution in [1.82, 2.24) is 10.3 Å². The van der Waals surface area contributed by atoms with Gasteiger partial charge in [-0.1, -0.05) is 37.5 Å². The number of allylic oxidation sites excluding steroid dienone is 5. The van der Waals surface area contributed by atoms with Gasteiger partial charge in [0.1, 0.15) is 0 Å². The zero-order valence-corrected chi connectivity index (χ0v) is 19.3. The number of alkyl halides is 1. The molecule has 0 bridgehead atoms. The van der Waals surface area contributed by atoms with E-state index in [1.165, 1.54) is 0 Å². The normalized spacial score (nSPS) is 11.7. The highest BCUT2D eigenvalue weighted by Gasteiger charge is 2.13. The van der Waals surface area contributed by atoms with E-state index in [-0.39, 0.29) is 0 Å². The van der Waals surface area contributed by atoms with Crippen molar-refractivity contribution in [2.75, 3.05) is 17.7 Å². The molecule has 30 heavy (non-hydrogen) atoms. The first kappa shape index (κ1) is 23.5. The highest BCUT2D eigenvalue weighted by atomic mass is 35.5. The van der Waals surface area contributed by atoms with Crippen LogP contribution >= 0.6 is 11.6 Å². The first-order valence-electron chi connectivity index (χ1n) is 10.2. The van der Waals surface area contributed by atoms with Gasteiger partial charge in [-0.25, -0.2) is 0 Å². The largest absolute Gasteiger partial charge is 0.384 e. The summed E-state index contributed by atoms with van der Waals surface area (Å²) in [7, 11) is 0. The number of hydrogen-bond donors (Lipinski definition) is 2. The number of aromatic nitrogens is 1. The minimum atomic E-state index is 0.533. The Morgan fingerprint density at radius 3 is 2.53 bits per heavy atom. The molecule has 0 aliphatic rings. The minimum absolute atomic E-state index is 0.533. The number of rotatable bonds is 10. The van der Waals surface area contributed by atoms with E-state index in [0.29, 0.717) is 5.88 Å². The molecule has 0 amide bonds. The molecule has 0 aliphatic heterocycles. The van der Waals surface area contributed by atoms with Crippen LogP contribution in [0.3, 0.4) is 0 Å². The zero-order chi connectivity index (χ0) is 22.3. The summed E-state index contributed by atoms with van der Waals surface area (Å²) < 4.78 is 0. The fraction of sp³-hybridized carbons (Fsp3) is 0.269. The first-order chi connectivity index (χ1) is 14.3. The number of hydrogen-bond acceptors (Lipinski definition) is 3. The Morgan fingerprint density at radius 1 is 1.17 bits per heavy atom. The van der Waals surface area contributed by atoms with Crippen molar-refractivity contribution in [2.24, 2.45) is 0 Å². The van der Waals surface area contributed by atoms with Gasteiger partial charge in [0, 0.05) is 29.7 Å².